The van der Waals surface area contributed by atoms with Crippen molar-refractivity contribution in [2.45, 2.75) is 39.5 Å². The molecule has 0 radical (unpaired) electrons. The molecule has 29 heavy (non-hydrogen) atoms. The van der Waals surface area contributed by atoms with Crippen LogP contribution in [0.5, 0.6) is 23.0 Å². The fourth-order valence-electron chi connectivity index (χ4n) is 2.68. The van der Waals surface area contributed by atoms with Gasteiger partial charge in [0.2, 0.25) is 0 Å². The Morgan fingerprint density at radius 1 is 0.931 bits per heavy atom. The van der Waals surface area contributed by atoms with Crippen LogP contribution in [0.3, 0.4) is 0 Å². The first-order chi connectivity index (χ1) is 13.4. The van der Waals surface area contributed by atoms with Crippen molar-refractivity contribution in [1.82, 2.24) is 0 Å². The molecule has 0 saturated heterocycles. The number of carbonyl (C=O) groups excluding carboxylic acids is 1. The number of aryl methyl sites for hydroxylation is 1. The number of methoxy groups -OCH3 is 2. The summed E-state index contributed by atoms with van der Waals surface area (Å²) >= 11 is 0. The molecule has 0 fully saturated rings. The van der Waals surface area contributed by atoms with Crippen LogP contribution >= 0.6 is 0 Å². The van der Waals surface area contributed by atoms with Crippen LogP contribution < -0.4 is 14.2 Å². The Hall–Kier alpha value is -2.90. The van der Waals surface area contributed by atoms with Gasteiger partial charge in [0.05, 0.1) is 14.2 Å². The predicted molar refractivity (Wildman–Crippen MR) is 101 cm³/mol. The maximum Gasteiger partial charge on any atom is 0.573 e. The number of alkyl halides is 3. The van der Waals surface area contributed by atoms with Crippen LogP contribution in [-0.4, -0.2) is 26.6 Å². The number of carbonyl (C=O) groups is 1. The van der Waals surface area contributed by atoms with Gasteiger partial charge in [-0.3, -0.25) is 0 Å². The summed E-state index contributed by atoms with van der Waals surface area (Å²) in [6, 6.07) is 7.01. The van der Waals surface area contributed by atoms with Crippen LogP contribution in [0.15, 0.2) is 30.3 Å². The first-order valence-electron chi connectivity index (χ1n) is 8.71. The lowest BCUT2D eigenvalue weighted by Gasteiger charge is -2.23. The first-order valence-corrected chi connectivity index (χ1v) is 8.71. The Balaban J connectivity index is 2.54. The highest BCUT2D eigenvalue weighted by atomic mass is 19.4. The van der Waals surface area contributed by atoms with E-state index >= 15 is 0 Å². The molecule has 0 unspecified atom stereocenters. The first kappa shape index (κ1) is 22.4. The molecule has 0 aliphatic heterocycles. The second kappa shape index (κ2) is 8.23. The zero-order valence-electron chi connectivity index (χ0n) is 17.1. The zero-order valence-corrected chi connectivity index (χ0v) is 17.1. The fraction of sp³-hybridized carbons (Fsp3) is 0.381. The van der Waals surface area contributed by atoms with E-state index in [4.69, 9.17) is 14.2 Å². The fourth-order valence-corrected chi connectivity index (χ4v) is 2.68. The molecule has 0 saturated carbocycles. The minimum absolute atomic E-state index is 0.0152. The number of hydrogen-bond acceptors (Lipinski definition) is 5. The van der Waals surface area contributed by atoms with Gasteiger partial charge in [-0.2, -0.15) is 0 Å². The summed E-state index contributed by atoms with van der Waals surface area (Å²) in [5, 5.41) is 0. The molecule has 158 valence electrons. The third kappa shape index (κ3) is 5.56. The lowest BCUT2D eigenvalue weighted by atomic mass is 9.85. The number of esters is 1. The van der Waals surface area contributed by atoms with E-state index in [1.54, 1.807) is 13.0 Å². The zero-order chi connectivity index (χ0) is 22.0. The maximum atomic E-state index is 12.5. The Bertz CT molecular complexity index is 898. The van der Waals surface area contributed by atoms with Gasteiger partial charge in [0, 0.05) is 6.07 Å². The maximum absolute atomic E-state index is 12.5. The van der Waals surface area contributed by atoms with Gasteiger partial charge in [0.1, 0.15) is 17.1 Å². The lowest BCUT2D eigenvalue weighted by molar-refractivity contribution is -0.274. The van der Waals surface area contributed by atoms with Gasteiger partial charge in [-0.05, 0) is 41.7 Å². The monoisotopic (exact) mass is 412 g/mol. The van der Waals surface area contributed by atoms with Crippen LogP contribution in [0.4, 0.5) is 13.2 Å². The summed E-state index contributed by atoms with van der Waals surface area (Å²) in [7, 11) is 2.55. The van der Waals surface area contributed by atoms with Crippen molar-refractivity contribution in [3.8, 4) is 23.0 Å². The topological polar surface area (TPSA) is 54.0 Å². The molecule has 2 aromatic carbocycles. The van der Waals surface area contributed by atoms with Gasteiger partial charge in [0.15, 0.2) is 11.5 Å². The van der Waals surface area contributed by atoms with E-state index in [2.05, 4.69) is 4.74 Å². The van der Waals surface area contributed by atoms with Gasteiger partial charge in [0.25, 0.3) is 0 Å². The van der Waals surface area contributed by atoms with Gasteiger partial charge < -0.3 is 18.9 Å². The molecule has 5 nitrogen and oxygen atoms in total. The van der Waals surface area contributed by atoms with Crippen LogP contribution in [0, 0.1) is 6.92 Å². The van der Waals surface area contributed by atoms with Crippen LogP contribution in [0.1, 0.15) is 42.3 Å². The van der Waals surface area contributed by atoms with Crippen molar-refractivity contribution in [1.29, 1.82) is 0 Å². The molecule has 0 aliphatic rings. The Kier molecular flexibility index (Phi) is 6.35. The van der Waals surface area contributed by atoms with Crippen molar-refractivity contribution in [3.63, 3.8) is 0 Å². The molecule has 0 atom stereocenters. The van der Waals surface area contributed by atoms with Crippen molar-refractivity contribution >= 4 is 5.97 Å². The average molecular weight is 412 g/mol. The molecular formula is C21H23F3O5. The van der Waals surface area contributed by atoms with Gasteiger partial charge >= 0.3 is 12.3 Å². The summed E-state index contributed by atoms with van der Waals surface area (Å²) in [5.41, 5.74) is 1.55. The van der Waals surface area contributed by atoms with E-state index in [0.29, 0.717) is 5.56 Å². The minimum atomic E-state index is -4.83. The van der Waals surface area contributed by atoms with E-state index in [9.17, 15) is 18.0 Å². The van der Waals surface area contributed by atoms with E-state index in [1.165, 1.54) is 20.3 Å². The quantitative estimate of drug-likeness (QED) is 0.583. The molecule has 0 amide bonds. The second-order valence-electron chi connectivity index (χ2n) is 7.37. The molecular weight excluding hydrogens is 389 g/mol. The molecule has 2 aromatic rings. The highest BCUT2D eigenvalue weighted by molar-refractivity contribution is 5.94. The summed E-state index contributed by atoms with van der Waals surface area (Å²) in [4.78, 5) is 12.3. The standard InChI is InChI=1S/C21H23F3O5/c1-12-9-13(20(2,3)4)10-17(18(12)19(25)27-6)28-15-8-7-14(11-16(15)26-5)29-21(22,23)24/h7-11H,1-6H3. The van der Waals surface area contributed by atoms with Crippen molar-refractivity contribution in [3.05, 3.63) is 47.0 Å². The minimum Gasteiger partial charge on any atom is -0.493 e. The number of halogens is 3. The summed E-state index contributed by atoms with van der Waals surface area (Å²) < 4.78 is 57.2. The van der Waals surface area contributed by atoms with E-state index in [1.807, 2.05) is 26.8 Å². The number of ether oxygens (including phenoxy) is 4. The van der Waals surface area contributed by atoms with E-state index < -0.39 is 18.1 Å². The summed E-state index contributed by atoms with van der Waals surface area (Å²) in [5.74, 6) is -0.688. The van der Waals surface area contributed by atoms with Crippen molar-refractivity contribution in [2.24, 2.45) is 0 Å². The summed E-state index contributed by atoms with van der Waals surface area (Å²) in [6.07, 6.45) is -4.83. The van der Waals surface area contributed by atoms with Gasteiger partial charge in [-0.1, -0.05) is 26.8 Å². The molecule has 0 heterocycles. The van der Waals surface area contributed by atoms with Crippen LogP contribution in [0.2, 0.25) is 0 Å². The Morgan fingerprint density at radius 2 is 1.59 bits per heavy atom. The highest BCUT2D eigenvalue weighted by Crippen LogP contribution is 2.39. The smallest absolute Gasteiger partial charge is 0.493 e. The summed E-state index contributed by atoms with van der Waals surface area (Å²) in [6.45, 7) is 7.78. The SMILES string of the molecule is COC(=O)c1c(C)cc(C(C)(C)C)cc1Oc1ccc(OC(F)(F)F)cc1OC. The van der Waals surface area contributed by atoms with E-state index in [-0.39, 0.29) is 28.2 Å². The predicted octanol–water partition coefficient (Wildman–Crippen LogP) is 5.78. The van der Waals surface area contributed by atoms with E-state index in [0.717, 1.165) is 17.7 Å². The van der Waals surface area contributed by atoms with Crippen LogP contribution in [-0.2, 0) is 10.2 Å². The Morgan fingerprint density at radius 3 is 2.10 bits per heavy atom. The molecule has 0 bridgehead atoms. The Labute approximate surface area is 167 Å². The normalized spacial score (nSPS) is 11.8. The highest BCUT2D eigenvalue weighted by Gasteiger charge is 2.31. The van der Waals surface area contributed by atoms with Crippen molar-refractivity contribution < 1.29 is 36.9 Å². The van der Waals surface area contributed by atoms with Crippen molar-refractivity contribution in [2.75, 3.05) is 14.2 Å². The lowest BCUT2D eigenvalue weighted by Crippen LogP contribution is -2.17. The number of benzene rings is 2. The largest absolute Gasteiger partial charge is 0.573 e. The molecule has 0 N–H and O–H groups in total. The van der Waals surface area contributed by atoms with Gasteiger partial charge in [-0.25, -0.2) is 4.79 Å². The molecule has 2 rings (SSSR count). The molecule has 8 heteroatoms. The molecule has 0 spiro atoms. The second-order valence-corrected chi connectivity index (χ2v) is 7.37. The van der Waals surface area contributed by atoms with Gasteiger partial charge in [-0.15, -0.1) is 13.2 Å². The van der Waals surface area contributed by atoms with Crippen LogP contribution in [0.25, 0.3) is 0 Å². The average Bonchev–Trinajstić information content (AvgIpc) is 2.60. The third-order valence-corrected chi connectivity index (χ3v) is 4.14. The molecule has 0 aliphatic carbocycles. The number of rotatable bonds is 5. The third-order valence-electron chi connectivity index (χ3n) is 4.14. The number of hydrogen-bond donors (Lipinski definition) is 0. The molecule has 0 aromatic heterocycles.